The van der Waals surface area contributed by atoms with E-state index in [4.69, 9.17) is 0 Å². The largest absolute Gasteiger partial charge is 0.465 e. The SMILES string of the molecule is CC(C)c1ccc(-c2ccc3c(c2)CCC2(CC2)C3N(C(=O)O)[C@@H]2CN3CCC2CC3)cc1. The van der Waals surface area contributed by atoms with Crippen LogP contribution >= 0.6 is 0 Å². The van der Waals surface area contributed by atoms with Crippen molar-refractivity contribution in [2.75, 3.05) is 19.6 Å². The van der Waals surface area contributed by atoms with E-state index in [0.717, 1.165) is 45.3 Å². The Bertz CT molecular complexity index is 1050. The second kappa shape index (κ2) is 7.87. The highest BCUT2D eigenvalue weighted by atomic mass is 16.4. The van der Waals surface area contributed by atoms with Crippen molar-refractivity contribution in [1.82, 2.24) is 9.80 Å². The summed E-state index contributed by atoms with van der Waals surface area (Å²) in [7, 11) is 0. The van der Waals surface area contributed by atoms with Gasteiger partial charge in [-0.25, -0.2) is 4.79 Å². The summed E-state index contributed by atoms with van der Waals surface area (Å²) in [5.74, 6) is 1.05. The Morgan fingerprint density at radius 1 is 1.03 bits per heavy atom. The molecular formula is C29H36N2O2. The Morgan fingerprint density at radius 3 is 2.30 bits per heavy atom. The molecule has 1 N–H and O–H groups in total. The van der Waals surface area contributed by atoms with E-state index < -0.39 is 6.09 Å². The predicted molar refractivity (Wildman–Crippen MR) is 132 cm³/mol. The molecule has 4 fully saturated rings. The predicted octanol–water partition coefficient (Wildman–Crippen LogP) is 6.32. The van der Waals surface area contributed by atoms with Crippen molar-refractivity contribution < 1.29 is 9.90 Å². The zero-order chi connectivity index (χ0) is 22.7. The molecule has 1 amide bonds. The highest BCUT2D eigenvalue weighted by Crippen LogP contribution is 2.63. The highest BCUT2D eigenvalue weighted by molar-refractivity contribution is 5.69. The molecule has 2 atom stereocenters. The molecule has 3 aliphatic heterocycles. The molecule has 174 valence electrons. The third kappa shape index (κ3) is 3.58. The first-order chi connectivity index (χ1) is 15.9. The lowest BCUT2D eigenvalue weighted by atomic mass is 9.73. The Labute approximate surface area is 197 Å². The topological polar surface area (TPSA) is 43.8 Å². The van der Waals surface area contributed by atoms with Gasteiger partial charge in [0.2, 0.25) is 0 Å². The van der Waals surface area contributed by atoms with Crippen molar-refractivity contribution in [1.29, 1.82) is 0 Å². The molecule has 1 unspecified atom stereocenters. The fourth-order valence-electron chi connectivity index (χ4n) is 7.00. The van der Waals surface area contributed by atoms with E-state index >= 15 is 0 Å². The smallest absolute Gasteiger partial charge is 0.408 e. The number of nitrogens with zero attached hydrogens (tertiary/aromatic N) is 2. The van der Waals surface area contributed by atoms with Crippen LogP contribution in [0.15, 0.2) is 42.5 Å². The second-order valence-corrected chi connectivity index (χ2v) is 11.4. The van der Waals surface area contributed by atoms with E-state index in [1.807, 2.05) is 4.90 Å². The molecule has 1 spiro atoms. The van der Waals surface area contributed by atoms with Gasteiger partial charge in [0, 0.05) is 6.54 Å². The van der Waals surface area contributed by atoms with Crippen LogP contribution in [0.4, 0.5) is 4.79 Å². The number of rotatable bonds is 4. The van der Waals surface area contributed by atoms with E-state index in [1.165, 1.54) is 40.7 Å². The lowest BCUT2D eigenvalue weighted by molar-refractivity contribution is -0.0243. The minimum absolute atomic E-state index is 0.0154. The summed E-state index contributed by atoms with van der Waals surface area (Å²) in [5.41, 5.74) is 6.66. The Hall–Kier alpha value is -2.33. The van der Waals surface area contributed by atoms with Crippen LogP contribution in [0.5, 0.6) is 0 Å². The minimum Gasteiger partial charge on any atom is -0.465 e. The molecule has 2 aromatic carbocycles. The van der Waals surface area contributed by atoms with Crippen molar-refractivity contribution >= 4 is 6.09 Å². The van der Waals surface area contributed by atoms with Crippen molar-refractivity contribution in [3.8, 4) is 11.1 Å². The van der Waals surface area contributed by atoms with Gasteiger partial charge < -0.3 is 10.0 Å². The number of benzene rings is 2. The fourth-order valence-corrected chi connectivity index (χ4v) is 7.00. The average Bonchev–Trinajstić information content (AvgIpc) is 3.61. The third-order valence-corrected chi connectivity index (χ3v) is 9.19. The van der Waals surface area contributed by atoms with Gasteiger partial charge in [-0.3, -0.25) is 4.90 Å². The molecule has 2 aliphatic carbocycles. The fraction of sp³-hybridized carbons (Fsp3) is 0.552. The standard InChI is InChI=1S/C29H36N2O2/c1-19(2)20-3-5-21(6-4-20)23-7-8-25-24(17-23)9-12-29(13-14-29)27(25)31(28(32)33)26-18-30-15-10-22(26)11-16-30/h3-8,17,19,22,26-27H,9-16,18H2,1-2H3,(H,32,33)/t26-,27?/m1/s1. The molecule has 2 aromatic rings. The van der Waals surface area contributed by atoms with Crippen LogP contribution in [0.1, 0.15) is 74.6 Å². The van der Waals surface area contributed by atoms with E-state index in [1.54, 1.807) is 0 Å². The molecule has 1 saturated carbocycles. The maximum Gasteiger partial charge on any atom is 0.408 e. The number of aryl methyl sites for hydroxylation is 1. The van der Waals surface area contributed by atoms with Gasteiger partial charge in [0.05, 0.1) is 12.1 Å². The molecule has 2 bridgehead atoms. The van der Waals surface area contributed by atoms with E-state index in [2.05, 4.69) is 61.2 Å². The van der Waals surface area contributed by atoms with Crippen LogP contribution in [-0.2, 0) is 6.42 Å². The molecule has 3 heterocycles. The number of piperidine rings is 3. The van der Waals surface area contributed by atoms with Gasteiger partial charge in [-0.2, -0.15) is 0 Å². The zero-order valence-corrected chi connectivity index (χ0v) is 20.0. The first-order valence-electron chi connectivity index (χ1n) is 12.9. The summed E-state index contributed by atoms with van der Waals surface area (Å²) in [5, 5.41) is 10.5. The summed E-state index contributed by atoms with van der Waals surface area (Å²) in [6.07, 6.45) is 6.09. The van der Waals surface area contributed by atoms with Crippen molar-refractivity contribution in [2.24, 2.45) is 11.3 Å². The summed E-state index contributed by atoms with van der Waals surface area (Å²) >= 11 is 0. The summed E-state index contributed by atoms with van der Waals surface area (Å²) in [6, 6.07) is 15.9. The third-order valence-electron chi connectivity index (χ3n) is 9.19. The van der Waals surface area contributed by atoms with Gasteiger partial charge in [-0.1, -0.05) is 56.3 Å². The van der Waals surface area contributed by atoms with E-state index in [9.17, 15) is 9.90 Å². The number of fused-ring (bicyclic) bond motifs is 4. The molecule has 7 rings (SSSR count). The maximum absolute atomic E-state index is 12.8. The van der Waals surface area contributed by atoms with E-state index in [0.29, 0.717) is 11.8 Å². The van der Waals surface area contributed by atoms with Crippen LogP contribution in [0.3, 0.4) is 0 Å². The quantitative estimate of drug-likeness (QED) is 0.600. The van der Waals surface area contributed by atoms with Gasteiger partial charge in [0.15, 0.2) is 0 Å². The lowest BCUT2D eigenvalue weighted by Crippen LogP contribution is -2.60. The first-order valence-corrected chi connectivity index (χ1v) is 12.9. The zero-order valence-electron chi connectivity index (χ0n) is 20.0. The van der Waals surface area contributed by atoms with Crippen LogP contribution in [0.25, 0.3) is 11.1 Å². The normalized spacial score (nSPS) is 29.2. The number of carbonyl (C=O) groups is 1. The number of hydrogen-bond donors (Lipinski definition) is 1. The second-order valence-electron chi connectivity index (χ2n) is 11.4. The Kier molecular flexibility index (Phi) is 5.06. The van der Waals surface area contributed by atoms with Crippen molar-refractivity contribution in [3.63, 3.8) is 0 Å². The molecular weight excluding hydrogens is 408 g/mol. The number of carboxylic acid groups (broad SMARTS) is 1. The minimum atomic E-state index is -0.716. The van der Waals surface area contributed by atoms with Crippen LogP contribution in [0, 0.1) is 11.3 Å². The molecule has 4 nitrogen and oxygen atoms in total. The highest BCUT2D eigenvalue weighted by Gasteiger charge is 2.57. The van der Waals surface area contributed by atoms with Crippen molar-refractivity contribution in [2.45, 2.75) is 70.4 Å². The number of hydrogen-bond acceptors (Lipinski definition) is 2. The van der Waals surface area contributed by atoms with Gasteiger partial charge in [0.1, 0.15) is 0 Å². The van der Waals surface area contributed by atoms with Gasteiger partial charge in [0.25, 0.3) is 0 Å². The lowest BCUT2D eigenvalue weighted by Gasteiger charge is -2.52. The van der Waals surface area contributed by atoms with E-state index in [-0.39, 0.29) is 17.5 Å². The number of amides is 1. The van der Waals surface area contributed by atoms with Gasteiger partial charge in [-0.15, -0.1) is 0 Å². The van der Waals surface area contributed by atoms with Crippen LogP contribution < -0.4 is 0 Å². The van der Waals surface area contributed by atoms with Crippen LogP contribution in [0.2, 0.25) is 0 Å². The van der Waals surface area contributed by atoms with Crippen molar-refractivity contribution in [3.05, 3.63) is 59.2 Å². The summed E-state index contributed by atoms with van der Waals surface area (Å²) < 4.78 is 0. The summed E-state index contributed by atoms with van der Waals surface area (Å²) in [6.45, 7) is 7.65. The first kappa shape index (κ1) is 21.2. The molecule has 0 radical (unpaired) electrons. The molecule has 3 saturated heterocycles. The maximum atomic E-state index is 12.8. The summed E-state index contributed by atoms with van der Waals surface area (Å²) in [4.78, 5) is 17.2. The molecule has 5 aliphatic rings. The van der Waals surface area contributed by atoms with Crippen LogP contribution in [-0.4, -0.2) is 46.7 Å². The monoisotopic (exact) mass is 444 g/mol. The molecule has 33 heavy (non-hydrogen) atoms. The Morgan fingerprint density at radius 2 is 1.73 bits per heavy atom. The van der Waals surface area contributed by atoms with Gasteiger partial charge in [-0.05, 0) is 96.7 Å². The Balaban J connectivity index is 1.37. The molecule has 0 aromatic heterocycles. The molecule has 4 heteroatoms. The average molecular weight is 445 g/mol. The van der Waals surface area contributed by atoms with Gasteiger partial charge >= 0.3 is 6.09 Å².